The van der Waals surface area contributed by atoms with Crippen LogP contribution in [-0.2, 0) is 4.74 Å². The van der Waals surface area contributed by atoms with Crippen molar-refractivity contribution in [2.24, 2.45) is 5.92 Å². The quantitative estimate of drug-likeness (QED) is 0.893. The van der Waals surface area contributed by atoms with E-state index in [9.17, 15) is 9.90 Å². The molecule has 2 aromatic rings. The number of carbonyl (C=O) groups excluding carboxylic acids is 1. The molecule has 23 heavy (non-hydrogen) atoms. The van der Waals surface area contributed by atoms with E-state index < -0.39 is 0 Å². The van der Waals surface area contributed by atoms with Gasteiger partial charge in [-0.1, -0.05) is 12.1 Å². The van der Waals surface area contributed by atoms with Gasteiger partial charge in [-0.3, -0.25) is 4.79 Å². The number of fused-ring (bicyclic) bond motifs is 1. The Bertz CT molecular complexity index is 711. The van der Waals surface area contributed by atoms with Gasteiger partial charge in [0, 0.05) is 36.7 Å². The van der Waals surface area contributed by atoms with Gasteiger partial charge in [0.1, 0.15) is 0 Å². The first-order valence-corrected chi connectivity index (χ1v) is 8.38. The molecule has 122 valence electrons. The van der Waals surface area contributed by atoms with Gasteiger partial charge in [0.15, 0.2) is 0 Å². The van der Waals surface area contributed by atoms with Gasteiger partial charge in [0.05, 0.1) is 23.8 Å². The first kappa shape index (κ1) is 14.7. The van der Waals surface area contributed by atoms with Gasteiger partial charge in [-0.2, -0.15) is 0 Å². The van der Waals surface area contributed by atoms with Crippen LogP contribution in [0.4, 0.5) is 0 Å². The monoisotopic (exact) mass is 314 g/mol. The number of para-hydroxylation sites is 1. The molecule has 2 aliphatic heterocycles. The first-order chi connectivity index (χ1) is 11.3. The van der Waals surface area contributed by atoms with E-state index in [1.807, 2.05) is 35.4 Å². The van der Waals surface area contributed by atoms with Gasteiger partial charge in [0.25, 0.3) is 5.91 Å². The smallest absolute Gasteiger partial charge is 0.256 e. The number of hydrogen-bond acceptors (Lipinski definition) is 3. The molecule has 1 aromatic carbocycles. The van der Waals surface area contributed by atoms with Gasteiger partial charge in [-0.25, -0.2) is 0 Å². The second-order valence-electron chi connectivity index (χ2n) is 6.55. The van der Waals surface area contributed by atoms with Crippen molar-refractivity contribution in [2.45, 2.75) is 31.4 Å². The Morgan fingerprint density at radius 3 is 3.09 bits per heavy atom. The number of aromatic nitrogens is 1. The average molecular weight is 314 g/mol. The lowest BCUT2D eigenvalue weighted by Crippen LogP contribution is -2.48. The second kappa shape index (κ2) is 5.98. The van der Waals surface area contributed by atoms with Crippen molar-refractivity contribution in [3.05, 3.63) is 36.0 Å². The number of likely N-dealkylation sites (tertiary alicyclic amines) is 1. The number of nitrogens with zero attached hydrogens (tertiary/aromatic N) is 1. The SMILES string of the molecule is O=C(c1cccc2cc[nH]c12)N1CCC[C@@H]1[C@H]1COCC[C@H]1O. The van der Waals surface area contributed by atoms with Crippen LogP contribution in [0.3, 0.4) is 0 Å². The summed E-state index contributed by atoms with van der Waals surface area (Å²) in [6, 6.07) is 7.86. The number of amides is 1. The standard InChI is InChI=1S/C18H22N2O3/c21-16-7-10-23-11-14(16)15-5-2-9-20(15)18(22)13-4-1-3-12-6-8-19-17(12)13/h1,3-4,6,8,14-16,19,21H,2,5,7,9-11H2/t14-,15-,16-/m1/s1. The van der Waals surface area contributed by atoms with Crippen LogP contribution in [0.1, 0.15) is 29.6 Å². The summed E-state index contributed by atoms with van der Waals surface area (Å²) in [5, 5.41) is 11.4. The number of carbonyl (C=O) groups is 1. The number of ether oxygens (including phenoxy) is 1. The zero-order valence-electron chi connectivity index (χ0n) is 13.1. The number of nitrogens with one attached hydrogen (secondary N) is 1. The molecule has 4 rings (SSSR count). The zero-order chi connectivity index (χ0) is 15.8. The summed E-state index contributed by atoms with van der Waals surface area (Å²) >= 11 is 0. The highest BCUT2D eigenvalue weighted by molar-refractivity contribution is 6.05. The zero-order valence-corrected chi connectivity index (χ0v) is 13.1. The maximum Gasteiger partial charge on any atom is 0.256 e. The van der Waals surface area contributed by atoms with Gasteiger partial charge in [-0.05, 0) is 31.4 Å². The molecular weight excluding hydrogens is 292 g/mol. The molecule has 2 saturated heterocycles. The molecule has 0 radical (unpaired) electrons. The summed E-state index contributed by atoms with van der Waals surface area (Å²) in [6.45, 7) is 1.91. The van der Waals surface area contributed by atoms with Crippen molar-refractivity contribution in [3.63, 3.8) is 0 Å². The van der Waals surface area contributed by atoms with Gasteiger partial charge in [0.2, 0.25) is 0 Å². The highest BCUT2D eigenvalue weighted by Gasteiger charge is 2.40. The Hall–Kier alpha value is -1.85. The fourth-order valence-electron chi connectivity index (χ4n) is 4.02. The number of aliphatic hydroxyl groups excluding tert-OH is 1. The highest BCUT2D eigenvalue weighted by Crippen LogP contribution is 2.32. The summed E-state index contributed by atoms with van der Waals surface area (Å²) in [6.07, 6.45) is 4.08. The number of rotatable bonds is 2. The Labute approximate surface area is 135 Å². The Balaban J connectivity index is 1.63. The third-order valence-electron chi connectivity index (χ3n) is 5.23. The topological polar surface area (TPSA) is 65.6 Å². The second-order valence-corrected chi connectivity index (χ2v) is 6.55. The van der Waals surface area contributed by atoms with Crippen LogP contribution >= 0.6 is 0 Å². The lowest BCUT2D eigenvalue weighted by atomic mass is 9.89. The number of aromatic amines is 1. The van der Waals surface area contributed by atoms with E-state index in [0.29, 0.717) is 25.2 Å². The maximum atomic E-state index is 13.1. The Kier molecular flexibility index (Phi) is 3.83. The van der Waals surface area contributed by atoms with E-state index in [1.165, 1.54) is 0 Å². The predicted molar refractivity (Wildman–Crippen MR) is 87.3 cm³/mol. The first-order valence-electron chi connectivity index (χ1n) is 8.38. The Morgan fingerprint density at radius 1 is 1.30 bits per heavy atom. The van der Waals surface area contributed by atoms with Crippen molar-refractivity contribution in [1.82, 2.24) is 9.88 Å². The average Bonchev–Trinajstić information content (AvgIpc) is 3.23. The molecule has 2 aliphatic rings. The molecule has 5 nitrogen and oxygen atoms in total. The molecule has 0 spiro atoms. The molecule has 1 aromatic heterocycles. The normalized spacial score (nSPS) is 28.4. The van der Waals surface area contributed by atoms with Crippen molar-refractivity contribution < 1.29 is 14.6 Å². The van der Waals surface area contributed by atoms with E-state index >= 15 is 0 Å². The summed E-state index contributed by atoms with van der Waals surface area (Å²) in [5.41, 5.74) is 1.61. The van der Waals surface area contributed by atoms with Crippen LogP contribution in [0.15, 0.2) is 30.5 Å². The van der Waals surface area contributed by atoms with E-state index in [4.69, 9.17) is 4.74 Å². The van der Waals surface area contributed by atoms with E-state index in [1.54, 1.807) is 0 Å². The van der Waals surface area contributed by atoms with Gasteiger partial charge < -0.3 is 19.7 Å². The molecule has 0 unspecified atom stereocenters. The fraction of sp³-hybridized carbons (Fsp3) is 0.500. The summed E-state index contributed by atoms with van der Waals surface area (Å²) in [7, 11) is 0. The highest BCUT2D eigenvalue weighted by atomic mass is 16.5. The minimum Gasteiger partial charge on any atom is -0.393 e. The fourth-order valence-corrected chi connectivity index (χ4v) is 4.02. The van der Waals surface area contributed by atoms with E-state index in [0.717, 1.165) is 30.3 Å². The lowest BCUT2D eigenvalue weighted by molar-refractivity contribution is -0.0589. The Morgan fingerprint density at radius 2 is 2.22 bits per heavy atom. The van der Waals surface area contributed by atoms with Gasteiger partial charge >= 0.3 is 0 Å². The molecule has 0 saturated carbocycles. The van der Waals surface area contributed by atoms with Crippen molar-refractivity contribution >= 4 is 16.8 Å². The molecular formula is C18H22N2O3. The minimum absolute atomic E-state index is 0.0260. The summed E-state index contributed by atoms with van der Waals surface area (Å²) in [5.74, 6) is 0.0800. The number of aliphatic hydroxyl groups is 1. The number of benzene rings is 1. The molecule has 1 amide bonds. The van der Waals surface area contributed by atoms with Crippen LogP contribution < -0.4 is 0 Å². The molecule has 3 atom stereocenters. The van der Waals surface area contributed by atoms with Crippen molar-refractivity contribution in [2.75, 3.05) is 19.8 Å². The van der Waals surface area contributed by atoms with Crippen LogP contribution in [0, 0.1) is 5.92 Å². The van der Waals surface area contributed by atoms with Crippen LogP contribution in [0.5, 0.6) is 0 Å². The number of hydrogen-bond donors (Lipinski definition) is 2. The molecule has 0 aliphatic carbocycles. The van der Waals surface area contributed by atoms with Crippen molar-refractivity contribution in [3.8, 4) is 0 Å². The maximum absolute atomic E-state index is 13.1. The molecule has 2 fully saturated rings. The van der Waals surface area contributed by atoms with Crippen molar-refractivity contribution in [1.29, 1.82) is 0 Å². The summed E-state index contributed by atoms with van der Waals surface area (Å²) < 4.78 is 5.55. The predicted octanol–water partition coefficient (Wildman–Crippen LogP) is 2.17. The van der Waals surface area contributed by atoms with Crippen LogP contribution in [0.25, 0.3) is 10.9 Å². The third kappa shape index (κ3) is 2.54. The molecule has 3 heterocycles. The summed E-state index contributed by atoms with van der Waals surface area (Å²) in [4.78, 5) is 18.2. The van der Waals surface area contributed by atoms with E-state index in [-0.39, 0.29) is 24.0 Å². The largest absolute Gasteiger partial charge is 0.393 e. The third-order valence-corrected chi connectivity index (χ3v) is 5.23. The minimum atomic E-state index is -0.372. The lowest BCUT2D eigenvalue weighted by Gasteiger charge is -2.37. The molecule has 5 heteroatoms. The van der Waals surface area contributed by atoms with Gasteiger partial charge in [-0.15, -0.1) is 0 Å². The number of H-pyrrole nitrogens is 1. The molecule has 2 N–H and O–H groups in total. The van der Waals surface area contributed by atoms with E-state index in [2.05, 4.69) is 4.98 Å². The van der Waals surface area contributed by atoms with Crippen LogP contribution in [0.2, 0.25) is 0 Å². The molecule has 0 bridgehead atoms. The van der Waals surface area contributed by atoms with Crippen LogP contribution in [-0.4, -0.2) is 52.8 Å².